The monoisotopic (exact) mass is 214 g/mol. The molecular formula is C16H22. The lowest BCUT2D eigenvalue weighted by Crippen LogP contribution is -1.88. The summed E-state index contributed by atoms with van der Waals surface area (Å²) in [4.78, 5) is 0. The molecule has 86 valence electrons. The average Bonchev–Trinajstić information content (AvgIpc) is 2.42. The molecule has 0 spiro atoms. The summed E-state index contributed by atoms with van der Waals surface area (Å²) in [6.45, 7) is 15.7. The lowest BCUT2D eigenvalue weighted by Gasteiger charge is -2.07. The van der Waals surface area contributed by atoms with E-state index in [1.54, 1.807) is 0 Å². The Kier molecular flexibility index (Phi) is 7.87. The molecule has 16 heavy (non-hydrogen) atoms. The molecule has 0 aromatic rings. The van der Waals surface area contributed by atoms with Gasteiger partial charge in [-0.3, -0.25) is 0 Å². The molecule has 0 aliphatic heterocycles. The van der Waals surface area contributed by atoms with E-state index in [1.165, 1.54) is 5.57 Å². The van der Waals surface area contributed by atoms with Gasteiger partial charge in [0.05, 0.1) is 0 Å². The second-order valence-corrected chi connectivity index (χ2v) is 3.20. The van der Waals surface area contributed by atoms with E-state index in [-0.39, 0.29) is 0 Å². The van der Waals surface area contributed by atoms with Crippen LogP contribution in [-0.4, -0.2) is 0 Å². The Labute approximate surface area is 100 Å². The molecule has 0 aromatic carbocycles. The standard InChI is InChI=1S/C14H16.C2H6/c1-4-13-11-9-7-6-8-10-12(3)14(13)5-2;1-2/h4-8,10H,1-3,9,11H2;1-2H3/b7-6-,10-8-,14-13-;. The molecule has 0 saturated heterocycles. The minimum absolute atomic E-state index is 1.00. The largest absolute Gasteiger partial charge is 0.0988 e. The Bertz CT molecular complexity index is 335. The van der Waals surface area contributed by atoms with E-state index in [9.17, 15) is 0 Å². The van der Waals surface area contributed by atoms with Crippen molar-refractivity contribution >= 4 is 0 Å². The highest BCUT2D eigenvalue weighted by molar-refractivity contribution is 5.50. The highest BCUT2D eigenvalue weighted by Gasteiger charge is 2.02. The smallest absolute Gasteiger partial charge is 0.0164 e. The molecule has 0 amide bonds. The summed E-state index contributed by atoms with van der Waals surface area (Å²) in [5, 5.41) is 0. The van der Waals surface area contributed by atoms with Crippen LogP contribution in [0, 0.1) is 0 Å². The quantitative estimate of drug-likeness (QED) is 0.596. The van der Waals surface area contributed by atoms with Crippen molar-refractivity contribution < 1.29 is 0 Å². The minimum atomic E-state index is 1.00. The van der Waals surface area contributed by atoms with Crippen LogP contribution in [0.4, 0.5) is 0 Å². The van der Waals surface area contributed by atoms with Gasteiger partial charge in [-0.25, -0.2) is 0 Å². The van der Waals surface area contributed by atoms with Crippen LogP contribution >= 0.6 is 0 Å². The summed E-state index contributed by atoms with van der Waals surface area (Å²) in [6.07, 6.45) is 14.0. The van der Waals surface area contributed by atoms with Crippen LogP contribution in [0.3, 0.4) is 0 Å². The zero-order valence-corrected chi connectivity index (χ0v) is 10.5. The Morgan fingerprint density at radius 1 is 1.12 bits per heavy atom. The lowest BCUT2D eigenvalue weighted by molar-refractivity contribution is 1.000. The van der Waals surface area contributed by atoms with Crippen LogP contribution in [0.2, 0.25) is 0 Å². The van der Waals surface area contributed by atoms with Gasteiger partial charge in [0.25, 0.3) is 0 Å². The fraction of sp³-hybridized carbons (Fsp3) is 0.250. The second kappa shape index (κ2) is 8.72. The number of hydrogen-bond donors (Lipinski definition) is 0. The van der Waals surface area contributed by atoms with Crippen LogP contribution in [0.15, 0.2) is 72.9 Å². The zero-order valence-electron chi connectivity index (χ0n) is 10.5. The average molecular weight is 214 g/mol. The Morgan fingerprint density at radius 3 is 2.38 bits per heavy atom. The maximum atomic E-state index is 4.01. The number of rotatable bonds is 2. The molecule has 1 rings (SSSR count). The number of hydrogen-bond acceptors (Lipinski definition) is 0. The van der Waals surface area contributed by atoms with Crippen molar-refractivity contribution in [1.29, 1.82) is 0 Å². The molecule has 0 aromatic heterocycles. The van der Waals surface area contributed by atoms with Crippen molar-refractivity contribution in [2.24, 2.45) is 0 Å². The van der Waals surface area contributed by atoms with Crippen molar-refractivity contribution in [2.45, 2.75) is 26.7 Å². The van der Waals surface area contributed by atoms with Gasteiger partial charge in [0.1, 0.15) is 0 Å². The second-order valence-electron chi connectivity index (χ2n) is 3.20. The van der Waals surface area contributed by atoms with Crippen LogP contribution in [0.25, 0.3) is 0 Å². The number of allylic oxidation sites excluding steroid dienone is 9. The van der Waals surface area contributed by atoms with E-state index in [0.29, 0.717) is 0 Å². The molecular weight excluding hydrogens is 192 g/mol. The van der Waals surface area contributed by atoms with E-state index in [1.807, 2.05) is 38.2 Å². The highest BCUT2D eigenvalue weighted by atomic mass is 14.1. The van der Waals surface area contributed by atoms with Gasteiger partial charge in [0.2, 0.25) is 0 Å². The van der Waals surface area contributed by atoms with Crippen molar-refractivity contribution in [2.75, 3.05) is 0 Å². The molecule has 1 aliphatic rings. The molecule has 0 nitrogen and oxygen atoms in total. The summed E-state index contributed by atoms with van der Waals surface area (Å²) >= 11 is 0. The van der Waals surface area contributed by atoms with Gasteiger partial charge >= 0.3 is 0 Å². The van der Waals surface area contributed by atoms with E-state index in [4.69, 9.17) is 0 Å². The third-order valence-electron chi connectivity index (χ3n) is 2.27. The van der Waals surface area contributed by atoms with E-state index in [2.05, 4.69) is 31.9 Å². The van der Waals surface area contributed by atoms with E-state index in [0.717, 1.165) is 24.0 Å². The van der Waals surface area contributed by atoms with Gasteiger partial charge in [0, 0.05) is 0 Å². The Morgan fingerprint density at radius 2 is 1.81 bits per heavy atom. The van der Waals surface area contributed by atoms with Crippen LogP contribution in [0.1, 0.15) is 26.7 Å². The van der Waals surface area contributed by atoms with Crippen LogP contribution in [-0.2, 0) is 0 Å². The molecule has 0 radical (unpaired) electrons. The Hall–Kier alpha value is -1.56. The molecule has 0 fully saturated rings. The van der Waals surface area contributed by atoms with Crippen LogP contribution in [0.5, 0.6) is 0 Å². The zero-order chi connectivity index (χ0) is 12.4. The van der Waals surface area contributed by atoms with Gasteiger partial charge in [0.15, 0.2) is 0 Å². The highest BCUT2D eigenvalue weighted by Crippen LogP contribution is 2.21. The molecule has 0 heterocycles. The van der Waals surface area contributed by atoms with Gasteiger partial charge in [-0.1, -0.05) is 70.0 Å². The van der Waals surface area contributed by atoms with Gasteiger partial charge in [-0.15, -0.1) is 0 Å². The first-order valence-corrected chi connectivity index (χ1v) is 5.80. The van der Waals surface area contributed by atoms with Crippen molar-refractivity contribution in [3.05, 3.63) is 72.9 Å². The molecule has 0 atom stereocenters. The van der Waals surface area contributed by atoms with E-state index >= 15 is 0 Å². The SMILES string of the molecule is C=C/C1=C(\C=C)C(=C)/C=C\C=C/CC1.CC. The maximum Gasteiger partial charge on any atom is -0.0164 e. The molecule has 0 bridgehead atoms. The fourth-order valence-corrected chi connectivity index (χ4v) is 1.49. The first-order chi connectivity index (χ1) is 7.79. The third-order valence-corrected chi connectivity index (χ3v) is 2.27. The predicted octanol–water partition coefficient (Wildman–Crippen LogP) is 5.14. The summed E-state index contributed by atoms with van der Waals surface area (Å²) in [5.41, 5.74) is 3.34. The molecule has 1 aliphatic carbocycles. The fourth-order valence-electron chi connectivity index (χ4n) is 1.49. The van der Waals surface area contributed by atoms with Gasteiger partial charge in [-0.2, -0.15) is 0 Å². The van der Waals surface area contributed by atoms with Gasteiger partial charge in [-0.05, 0) is 29.6 Å². The summed E-state index contributed by atoms with van der Waals surface area (Å²) < 4.78 is 0. The first kappa shape index (κ1) is 14.4. The predicted molar refractivity (Wildman–Crippen MR) is 75.4 cm³/mol. The minimum Gasteiger partial charge on any atom is -0.0988 e. The van der Waals surface area contributed by atoms with Gasteiger partial charge < -0.3 is 0 Å². The third kappa shape index (κ3) is 4.31. The first-order valence-electron chi connectivity index (χ1n) is 5.80. The Balaban J connectivity index is 0.00000106. The molecule has 0 saturated carbocycles. The normalized spacial score (nSPS) is 24.0. The summed E-state index contributed by atoms with van der Waals surface area (Å²) in [7, 11) is 0. The van der Waals surface area contributed by atoms with Crippen LogP contribution < -0.4 is 0 Å². The summed E-state index contributed by atoms with van der Waals surface area (Å²) in [6, 6.07) is 0. The molecule has 0 N–H and O–H groups in total. The van der Waals surface area contributed by atoms with E-state index < -0.39 is 0 Å². The van der Waals surface area contributed by atoms with Crippen molar-refractivity contribution in [3.8, 4) is 0 Å². The van der Waals surface area contributed by atoms with Crippen molar-refractivity contribution in [3.63, 3.8) is 0 Å². The topological polar surface area (TPSA) is 0 Å². The lowest BCUT2D eigenvalue weighted by atomic mass is 9.98. The summed E-state index contributed by atoms with van der Waals surface area (Å²) in [5.74, 6) is 0. The molecule has 0 unspecified atom stereocenters. The van der Waals surface area contributed by atoms with Crippen molar-refractivity contribution in [1.82, 2.24) is 0 Å². The maximum absolute atomic E-state index is 4.01. The molecule has 0 heteroatoms.